The maximum absolute atomic E-state index is 12.5. The van der Waals surface area contributed by atoms with Crippen molar-refractivity contribution in [3.8, 4) is 0 Å². The number of hydrazone groups is 1. The number of para-hydroxylation sites is 1. The second-order valence-electron chi connectivity index (χ2n) is 5.76. The summed E-state index contributed by atoms with van der Waals surface area (Å²) in [6.07, 6.45) is 1.65. The molecule has 2 aromatic heterocycles. The second kappa shape index (κ2) is 6.68. The molecule has 0 unspecified atom stereocenters. The van der Waals surface area contributed by atoms with Crippen LogP contribution in [0.25, 0.3) is 21.8 Å². The molecule has 3 N–H and O–H groups in total. The van der Waals surface area contributed by atoms with Gasteiger partial charge < -0.3 is 4.98 Å². The zero-order valence-corrected chi connectivity index (χ0v) is 14.1. The number of hydrogen-bond acceptors (Lipinski definition) is 5. The molecule has 0 aliphatic carbocycles. The Labute approximate surface area is 153 Å². The Morgan fingerprint density at radius 2 is 1.85 bits per heavy atom. The number of nitrogens with one attached hydrogen (secondary N) is 3. The van der Waals surface area contributed by atoms with Gasteiger partial charge in [-0.2, -0.15) is 5.10 Å². The monoisotopic (exact) mass is 358 g/mol. The largest absolute Gasteiger partial charge is 0.324 e. The van der Waals surface area contributed by atoms with Gasteiger partial charge in [-0.25, -0.2) is 10.4 Å². The lowest BCUT2D eigenvalue weighted by Gasteiger charge is -2.03. The molecule has 4 rings (SSSR count). The number of aromatic nitrogens is 3. The van der Waals surface area contributed by atoms with Crippen molar-refractivity contribution < 1.29 is 9.59 Å². The van der Waals surface area contributed by atoms with E-state index in [4.69, 9.17) is 0 Å². The molecule has 0 atom stereocenters. The van der Waals surface area contributed by atoms with E-state index in [0.717, 1.165) is 10.8 Å². The zero-order valence-electron chi connectivity index (χ0n) is 14.1. The first-order valence-electron chi connectivity index (χ1n) is 8.06. The number of rotatable bonds is 4. The summed E-state index contributed by atoms with van der Waals surface area (Å²) in [7, 11) is 0. The van der Waals surface area contributed by atoms with Crippen LogP contribution in [-0.4, -0.2) is 33.5 Å². The average Bonchev–Trinajstić information content (AvgIpc) is 3.10. The van der Waals surface area contributed by atoms with Gasteiger partial charge in [0.15, 0.2) is 0 Å². The summed E-state index contributed by atoms with van der Waals surface area (Å²) in [4.78, 5) is 36.0. The summed E-state index contributed by atoms with van der Waals surface area (Å²) in [6, 6.07) is 14.4. The molecule has 0 saturated heterocycles. The lowest BCUT2D eigenvalue weighted by Crippen LogP contribution is -2.17. The number of carbonyl (C=O) groups is 2. The highest BCUT2D eigenvalue weighted by atomic mass is 16.2. The molecule has 2 heterocycles. The van der Waals surface area contributed by atoms with Crippen LogP contribution in [0.3, 0.4) is 0 Å². The van der Waals surface area contributed by atoms with Crippen molar-refractivity contribution in [2.24, 2.45) is 5.10 Å². The summed E-state index contributed by atoms with van der Waals surface area (Å²) in [5, 5.41) is 7.91. The van der Waals surface area contributed by atoms with Crippen LogP contribution in [0.2, 0.25) is 0 Å². The van der Waals surface area contributed by atoms with E-state index in [1.54, 1.807) is 30.5 Å². The van der Waals surface area contributed by atoms with Crippen molar-refractivity contribution in [1.82, 2.24) is 20.4 Å². The van der Waals surface area contributed by atoms with Crippen LogP contribution in [0.4, 0.5) is 5.95 Å². The van der Waals surface area contributed by atoms with Gasteiger partial charge in [0.2, 0.25) is 5.95 Å². The fourth-order valence-corrected chi connectivity index (χ4v) is 2.79. The lowest BCUT2D eigenvalue weighted by atomic mass is 10.1. The van der Waals surface area contributed by atoms with E-state index in [2.05, 4.69) is 37.5 Å². The van der Waals surface area contributed by atoms with Crippen molar-refractivity contribution in [3.63, 3.8) is 0 Å². The third-order valence-corrected chi connectivity index (χ3v) is 4.03. The van der Waals surface area contributed by atoms with Crippen LogP contribution in [0.1, 0.15) is 20.8 Å². The van der Waals surface area contributed by atoms with Gasteiger partial charge in [0.25, 0.3) is 11.8 Å². The highest BCUT2D eigenvalue weighted by molar-refractivity contribution is 6.07. The topological polar surface area (TPSA) is 112 Å². The third kappa shape index (κ3) is 3.11. The number of fused-ring (bicyclic) bond motifs is 2. The Morgan fingerprint density at radius 3 is 2.67 bits per heavy atom. The Balaban J connectivity index is 1.64. The number of H-pyrrole nitrogens is 1. The highest BCUT2D eigenvalue weighted by Crippen LogP contribution is 2.20. The maximum Gasteiger partial charge on any atom is 0.276 e. The summed E-state index contributed by atoms with van der Waals surface area (Å²) < 4.78 is 0. The summed E-state index contributed by atoms with van der Waals surface area (Å²) in [5.74, 6) is -0.619. The van der Waals surface area contributed by atoms with Crippen LogP contribution < -0.4 is 10.7 Å². The zero-order chi connectivity index (χ0) is 18.8. The second-order valence-corrected chi connectivity index (χ2v) is 5.76. The predicted octanol–water partition coefficient (Wildman–Crippen LogP) is 2.71. The normalized spacial score (nSPS) is 10.7. The van der Waals surface area contributed by atoms with Crippen LogP contribution >= 0.6 is 0 Å². The number of carbonyl (C=O) groups excluding carboxylic acids is 2. The van der Waals surface area contributed by atoms with Crippen LogP contribution in [0.5, 0.6) is 0 Å². The molecule has 0 radical (unpaired) electrons. The number of hydrogen-bond donors (Lipinski definition) is 3. The lowest BCUT2D eigenvalue weighted by molar-refractivity contribution is 0.0956. The molecular formula is C19H14N6O2. The first-order valence-corrected chi connectivity index (χ1v) is 8.06. The van der Waals surface area contributed by atoms with Gasteiger partial charge in [-0.15, -0.1) is 0 Å². The molecule has 2 amide bonds. The summed E-state index contributed by atoms with van der Waals surface area (Å²) in [5.41, 5.74) is 3.88. The quantitative estimate of drug-likeness (QED) is 0.384. The van der Waals surface area contributed by atoms with E-state index in [0.29, 0.717) is 16.6 Å². The fraction of sp³-hybridized carbons (Fsp3) is 0. The summed E-state index contributed by atoms with van der Waals surface area (Å²) in [6.45, 7) is 3.23. The standard InChI is InChI=1S/C19H14N6O2/c1-20-25-17(26)13-7-4-8-14-16(13)23-19(22-14)24-18(27)15-9-11-5-2-3-6-12(11)10-21-15/h2-10H,1H2,(H,25,26)(H2,22,23,24,27). The first-order chi connectivity index (χ1) is 13.2. The number of aromatic amines is 1. The molecule has 2 aromatic carbocycles. The van der Waals surface area contributed by atoms with Crippen LogP contribution in [0, 0.1) is 0 Å². The maximum atomic E-state index is 12.5. The van der Waals surface area contributed by atoms with Crippen molar-refractivity contribution in [3.05, 3.63) is 66.0 Å². The number of nitrogens with zero attached hydrogens (tertiary/aromatic N) is 3. The smallest absolute Gasteiger partial charge is 0.276 e. The Hall–Kier alpha value is -4.07. The summed E-state index contributed by atoms with van der Waals surface area (Å²) >= 11 is 0. The molecule has 4 aromatic rings. The highest BCUT2D eigenvalue weighted by Gasteiger charge is 2.15. The molecule has 0 aliphatic rings. The molecule has 0 fully saturated rings. The molecule has 0 bridgehead atoms. The van der Waals surface area contributed by atoms with Gasteiger partial charge in [-0.05, 0) is 23.6 Å². The van der Waals surface area contributed by atoms with Gasteiger partial charge in [-0.3, -0.25) is 19.9 Å². The van der Waals surface area contributed by atoms with E-state index >= 15 is 0 Å². The van der Waals surface area contributed by atoms with Crippen molar-refractivity contribution in [2.75, 3.05) is 5.32 Å². The van der Waals surface area contributed by atoms with Crippen molar-refractivity contribution in [2.45, 2.75) is 0 Å². The van der Waals surface area contributed by atoms with E-state index < -0.39 is 11.8 Å². The number of pyridine rings is 1. The van der Waals surface area contributed by atoms with Crippen LogP contribution in [0.15, 0.2) is 59.8 Å². The van der Waals surface area contributed by atoms with Gasteiger partial charge in [0.1, 0.15) is 11.2 Å². The molecule has 0 aliphatic heterocycles. The van der Waals surface area contributed by atoms with E-state index in [9.17, 15) is 9.59 Å². The molecule has 0 saturated carbocycles. The van der Waals surface area contributed by atoms with Gasteiger partial charge in [0.05, 0.1) is 11.1 Å². The molecule has 27 heavy (non-hydrogen) atoms. The Kier molecular flexibility index (Phi) is 4.06. The third-order valence-electron chi connectivity index (χ3n) is 4.03. The Morgan fingerprint density at radius 1 is 1.04 bits per heavy atom. The minimum atomic E-state index is -0.434. The van der Waals surface area contributed by atoms with Crippen molar-refractivity contribution in [1.29, 1.82) is 0 Å². The van der Waals surface area contributed by atoms with E-state index in [1.807, 2.05) is 24.3 Å². The van der Waals surface area contributed by atoms with E-state index in [1.165, 1.54) is 0 Å². The fourth-order valence-electron chi connectivity index (χ4n) is 2.79. The SMILES string of the molecule is C=NNC(=O)c1cccc2[nH]c(NC(=O)c3cc4ccccc4cn3)nc12. The minimum absolute atomic E-state index is 0.219. The van der Waals surface area contributed by atoms with Gasteiger partial charge in [0, 0.05) is 18.3 Å². The average molecular weight is 358 g/mol. The molecular weight excluding hydrogens is 344 g/mol. The number of anilines is 1. The Bertz CT molecular complexity index is 1200. The van der Waals surface area contributed by atoms with E-state index in [-0.39, 0.29) is 11.6 Å². The van der Waals surface area contributed by atoms with Crippen molar-refractivity contribution >= 4 is 46.3 Å². The molecule has 8 nitrogen and oxygen atoms in total. The number of imidazole rings is 1. The number of benzene rings is 2. The first kappa shape index (κ1) is 16.4. The molecule has 0 spiro atoms. The van der Waals surface area contributed by atoms with Gasteiger partial charge >= 0.3 is 0 Å². The molecule has 132 valence electrons. The molecule has 8 heteroatoms. The van der Waals surface area contributed by atoms with Gasteiger partial charge in [-0.1, -0.05) is 30.3 Å². The van der Waals surface area contributed by atoms with Crippen LogP contribution in [-0.2, 0) is 0 Å². The number of amides is 2. The predicted molar refractivity (Wildman–Crippen MR) is 103 cm³/mol. The minimum Gasteiger partial charge on any atom is -0.324 e.